The van der Waals surface area contributed by atoms with Gasteiger partial charge in [0.15, 0.2) is 0 Å². The second-order valence-electron chi connectivity index (χ2n) is 2.06. The van der Waals surface area contributed by atoms with Gasteiger partial charge in [0, 0.05) is 3.57 Å². The van der Waals surface area contributed by atoms with Crippen molar-refractivity contribution in [2.75, 3.05) is 0 Å². The summed E-state index contributed by atoms with van der Waals surface area (Å²) in [6.07, 6.45) is 0. The Labute approximate surface area is 71.4 Å². The maximum Gasteiger partial charge on any atom is 0.0139 e. The molecule has 0 aliphatic heterocycles. The van der Waals surface area contributed by atoms with Crippen molar-refractivity contribution < 1.29 is 0 Å². The number of hydrogen-bond acceptors (Lipinski definition) is 0. The van der Waals surface area contributed by atoms with E-state index in [1.165, 1.54) is 14.4 Å². The molecular formula is C7H8IP. The lowest BCUT2D eigenvalue weighted by atomic mass is 10.2. The molecule has 0 spiro atoms. The van der Waals surface area contributed by atoms with Crippen molar-refractivity contribution in [1.82, 2.24) is 0 Å². The van der Waals surface area contributed by atoms with Gasteiger partial charge in [-0.3, -0.25) is 0 Å². The van der Waals surface area contributed by atoms with Crippen molar-refractivity contribution in [1.29, 1.82) is 0 Å². The number of halogens is 1. The van der Waals surface area contributed by atoms with Crippen LogP contribution in [-0.4, -0.2) is 0 Å². The summed E-state index contributed by atoms with van der Waals surface area (Å²) in [7, 11) is 2.69. The first kappa shape index (κ1) is 7.49. The molecule has 1 aromatic carbocycles. The van der Waals surface area contributed by atoms with E-state index in [9.17, 15) is 0 Å². The number of aryl methyl sites for hydroxylation is 1. The SMILES string of the molecule is Cc1cc(P)cc(I)c1. The fraction of sp³-hybridized carbons (Fsp3) is 0.143. The van der Waals surface area contributed by atoms with Crippen molar-refractivity contribution in [2.45, 2.75) is 6.92 Å². The van der Waals surface area contributed by atoms with Crippen molar-refractivity contribution in [3.05, 3.63) is 27.3 Å². The van der Waals surface area contributed by atoms with Crippen molar-refractivity contribution in [3.8, 4) is 0 Å². The molecule has 2 heteroatoms. The molecule has 0 aromatic heterocycles. The summed E-state index contributed by atoms with van der Waals surface area (Å²) in [4.78, 5) is 0. The standard InChI is InChI=1S/C7H8IP/c1-5-2-6(8)4-7(9)3-5/h2-4H,9H2,1H3. The van der Waals surface area contributed by atoms with E-state index in [1.807, 2.05) is 0 Å². The summed E-state index contributed by atoms with van der Waals surface area (Å²) in [5.41, 5.74) is 1.33. The summed E-state index contributed by atoms with van der Waals surface area (Å²) in [5, 5.41) is 1.26. The zero-order valence-electron chi connectivity index (χ0n) is 5.19. The highest BCUT2D eigenvalue weighted by molar-refractivity contribution is 14.1. The van der Waals surface area contributed by atoms with Crippen LogP contribution in [0.4, 0.5) is 0 Å². The van der Waals surface area contributed by atoms with Gasteiger partial charge in [-0.05, 0) is 52.5 Å². The molecule has 1 unspecified atom stereocenters. The maximum atomic E-state index is 2.69. The van der Waals surface area contributed by atoms with E-state index in [0.717, 1.165) is 0 Å². The summed E-state index contributed by atoms with van der Waals surface area (Å²) in [5.74, 6) is 0. The second kappa shape index (κ2) is 2.98. The van der Waals surface area contributed by atoms with Crippen molar-refractivity contribution in [2.24, 2.45) is 0 Å². The number of rotatable bonds is 0. The number of hydrogen-bond donors (Lipinski definition) is 0. The Balaban J connectivity index is 3.17. The van der Waals surface area contributed by atoms with E-state index < -0.39 is 0 Å². The molecule has 0 N–H and O–H groups in total. The fourth-order valence-electron chi connectivity index (χ4n) is 0.765. The van der Waals surface area contributed by atoms with Crippen molar-refractivity contribution >= 4 is 37.1 Å². The van der Waals surface area contributed by atoms with E-state index in [-0.39, 0.29) is 0 Å². The largest absolute Gasteiger partial charge is 0.106 e. The molecule has 1 aromatic rings. The van der Waals surface area contributed by atoms with Crippen LogP contribution in [0.1, 0.15) is 5.56 Å². The van der Waals surface area contributed by atoms with Crippen LogP contribution in [0.25, 0.3) is 0 Å². The second-order valence-corrected chi connectivity index (χ2v) is 3.97. The average Bonchev–Trinajstić information content (AvgIpc) is 1.59. The first-order valence-corrected chi connectivity index (χ1v) is 4.37. The molecule has 0 amide bonds. The lowest BCUT2D eigenvalue weighted by molar-refractivity contribution is 1.47. The van der Waals surface area contributed by atoms with Gasteiger partial charge in [-0.1, -0.05) is 6.07 Å². The molecular weight excluding hydrogens is 242 g/mol. The molecule has 1 rings (SSSR count). The zero-order chi connectivity index (χ0) is 6.85. The summed E-state index contributed by atoms with van der Waals surface area (Å²) < 4.78 is 1.30. The predicted octanol–water partition coefficient (Wildman–Crippen LogP) is 2.10. The first-order valence-electron chi connectivity index (χ1n) is 2.71. The van der Waals surface area contributed by atoms with E-state index in [4.69, 9.17) is 0 Å². The van der Waals surface area contributed by atoms with E-state index in [0.29, 0.717) is 0 Å². The van der Waals surface area contributed by atoms with Gasteiger partial charge in [-0.2, -0.15) is 0 Å². The van der Waals surface area contributed by atoms with Crippen LogP contribution in [-0.2, 0) is 0 Å². The van der Waals surface area contributed by atoms with Gasteiger partial charge in [-0.25, -0.2) is 0 Å². The van der Waals surface area contributed by atoms with Gasteiger partial charge in [0.05, 0.1) is 0 Å². The van der Waals surface area contributed by atoms with Crippen LogP contribution in [0.2, 0.25) is 0 Å². The lowest BCUT2D eigenvalue weighted by Crippen LogP contribution is -1.91. The van der Waals surface area contributed by atoms with E-state index in [1.54, 1.807) is 0 Å². The minimum Gasteiger partial charge on any atom is -0.106 e. The third kappa shape index (κ3) is 2.23. The molecule has 1 atom stereocenters. The summed E-state index contributed by atoms with van der Waals surface area (Å²) in [6.45, 7) is 2.11. The van der Waals surface area contributed by atoms with E-state index >= 15 is 0 Å². The van der Waals surface area contributed by atoms with Crippen LogP contribution >= 0.6 is 31.8 Å². The van der Waals surface area contributed by atoms with Gasteiger partial charge in [0.1, 0.15) is 0 Å². The molecule has 9 heavy (non-hydrogen) atoms. The maximum absolute atomic E-state index is 2.69. The normalized spacial score (nSPS) is 9.67. The number of benzene rings is 1. The molecule has 0 saturated heterocycles. The molecule has 0 fully saturated rings. The van der Waals surface area contributed by atoms with Gasteiger partial charge in [0.25, 0.3) is 0 Å². The Morgan fingerprint density at radius 2 is 2.00 bits per heavy atom. The first-order chi connectivity index (χ1) is 4.18. The molecule has 0 aliphatic rings. The highest BCUT2D eigenvalue weighted by Gasteiger charge is 1.88. The highest BCUT2D eigenvalue weighted by Crippen LogP contribution is 2.06. The van der Waals surface area contributed by atoms with Gasteiger partial charge < -0.3 is 0 Å². The Hall–Kier alpha value is 0.380. The molecule has 48 valence electrons. The minimum absolute atomic E-state index is 1.26. The van der Waals surface area contributed by atoms with Crippen LogP contribution < -0.4 is 5.30 Å². The lowest BCUT2D eigenvalue weighted by Gasteiger charge is -1.95. The summed E-state index contributed by atoms with van der Waals surface area (Å²) >= 11 is 2.32. The van der Waals surface area contributed by atoms with Gasteiger partial charge in [-0.15, -0.1) is 9.24 Å². The third-order valence-corrected chi connectivity index (χ3v) is 2.02. The van der Waals surface area contributed by atoms with Crippen LogP contribution in [0.3, 0.4) is 0 Å². The Bertz CT molecular complexity index is 170. The van der Waals surface area contributed by atoms with Crippen LogP contribution in [0, 0.1) is 10.5 Å². The van der Waals surface area contributed by atoms with Crippen LogP contribution in [0.5, 0.6) is 0 Å². The molecule has 0 radical (unpaired) electrons. The minimum atomic E-state index is 1.26. The highest BCUT2D eigenvalue weighted by atomic mass is 127. The Morgan fingerprint density at radius 3 is 2.44 bits per heavy atom. The average molecular weight is 250 g/mol. The molecule has 0 heterocycles. The van der Waals surface area contributed by atoms with Crippen LogP contribution in [0.15, 0.2) is 18.2 Å². The van der Waals surface area contributed by atoms with Crippen molar-refractivity contribution in [3.63, 3.8) is 0 Å². The topological polar surface area (TPSA) is 0 Å². The van der Waals surface area contributed by atoms with Gasteiger partial charge in [0.2, 0.25) is 0 Å². The van der Waals surface area contributed by atoms with E-state index in [2.05, 4.69) is 57.0 Å². The molecule has 0 saturated carbocycles. The van der Waals surface area contributed by atoms with Gasteiger partial charge >= 0.3 is 0 Å². The predicted molar refractivity (Wildman–Crippen MR) is 53.2 cm³/mol. The molecule has 0 aliphatic carbocycles. The smallest absolute Gasteiger partial charge is 0.0139 e. The third-order valence-electron chi connectivity index (χ3n) is 1.06. The quantitative estimate of drug-likeness (QED) is 0.488. The molecule has 0 nitrogen and oxygen atoms in total. The molecule has 0 bridgehead atoms. The Kier molecular flexibility index (Phi) is 2.48. The monoisotopic (exact) mass is 250 g/mol. The Morgan fingerprint density at radius 1 is 1.33 bits per heavy atom. The fourth-order valence-corrected chi connectivity index (χ4v) is 2.40. The zero-order valence-corrected chi connectivity index (χ0v) is 8.50. The summed E-state index contributed by atoms with van der Waals surface area (Å²) in [6, 6.07) is 6.44.